The summed E-state index contributed by atoms with van der Waals surface area (Å²) in [5, 5.41) is 8.16. The number of hydrogen-bond donors (Lipinski definition) is 3. The van der Waals surface area contributed by atoms with Gasteiger partial charge in [0.1, 0.15) is 16.9 Å². The third-order valence-corrected chi connectivity index (χ3v) is 5.76. The molecule has 0 amide bonds. The molecule has 1 aromatic carbocycles. The lowest BCUT2D eigenvalue weighted by Gasteiger charge is -2.17. The maximum atomic E-state index is 13.3. The molecule has 34 heavy (non-hydrogen) atoms. The highest BCUT2D eigenvalue weighted by Crippen LogP contribution is 2.35. The fourth-order valence-electron chi connectivity index (χ4n) is 4.02. The van der Waals surface area contributed by atoms with Crippen molar-refractivity contribution in [3.8, 4) is 22.9 Å². The van der Waals surface area contributed by atoms with E-state index in [0.717, 1.165) is 11.2 Å². The molecule has 0 radical (unpaired) electrons. The summed E-state index contributed by atoms with van der Waals surface area (Å²) in [4.78, 5) is 28.7. The van der Waals surface area contributed by atoms with Gasteiger partial charge in [-0.25, -0.2) is 4.98 Å². The highest BCUT2D eigenvalue weighted by Gasteiger charge is 2.22. The van der Waals surface area contributed by atoms with Crippen LogP contribution in [-0.4, -0.2) is 43.9 Å². The second-order valence-electron chi connectivity index (χ2n) is 7.88. The van der Waals surface area contributed by atoms with Crippen LogP contribution in [0.5, 0.6) is 11.5 Å². The van der Waals surface area contributed by atoms with Gasteiger partial charge < -0.3 is 24.8 Å². The van der Waals surface area contributed by atoms with E-state index in [0.29, 0.717) is 51.7 Å². The second kappa shape index (κ2) is 8.54. The molecule has 0 fully saturated rings. The number of benzene rings is 1. The van der Waals surface area contributed by atoms with Crippen LogP contribution < -0.4 is 20.3 Å². The minimum atomic E-state index is -0.281. The SMILES string of the molecule is CCn1cc2[nH]c(=O)c(-c3nc4cc(OC)c(OC)cc4[nH]3)c(N[C@@H](C)c3ccccn3)c2n1. The summed E-state index contributed by atoms with van der Waals surface area (Å²) in [6.07, 6.45) is 3.57. The third kappa shape index (κ3) is 3.62. The van der Waals surface area contributed by atoms with Gasteiger partial charge in [0.05, 0.1) is 48.2 Å². The van der Waals surface area contributed by atoms with Gasteiger partial charge in [0.2, 0.25) is 0 Å². The van der Waals surface area contributed by atoms with Crippen LogP contribution in [0.2, 0.25) is 0 Å². The Hall–Kier alpha value is -4.34. The summed E-state index contributed by atoms with van der Waals surface area (Å²) >= 11 is 0. The molecule has 4 heterocycles. The van der Waals surface area contributed by atoms with Gasteiger partial charge in [-0.15, -0.1) is 0 Å². The molecule has 5 rings (SSSR count). The normalized spacial score (nSPS) is 12.2. The van der Waals surface area contributed by atoms with Gasteiger partial charge >= 0.3 is 0 Å². The van der Waals surface area contributed by atoms with E-state index in [1.165, 1.54) is 0 Å². The Kier molecular flexibility index (Phi) is 5.40. The predicted octanol–water partition coefficient (Wildman–Crippen LogP) is 3.87. The van der Waals surface area contributed by atoms with Crippen LogP contribution in [0.1, 0.15) is 25.6 Å². The average molecular weight is 460 g/mol. The summed E-state index contributed by atoms with van der Waals surface area (Å²) in [5.41, 5.74) is 4.17. The van der Waals surface area contributed by atoms with Gasteiger partial charge in [-0.2, -0.15) is 5.10 Å². The number of H-pyrrole nitrogens is 2. The number of pyridine rings is 2. The number of anilines is 1. The van der Waals surface area contributed by atoms with Crippen molar-refractivity contribution >= 4 is 27.8 Å². The molecule has 1 atom stereocenters. The Balaban J connectivity index is 1.72. The molecule has 3 N–H and O–H groups in total. The molecular formula is C24H25N7O3. The predicted molar refractivity (Wildman–Crippen MR) is 130 cm³/mol. The van der Waals surface area contributed by atoms with E-state index in [1.54, 1.807) is 37.2 Å². The van der Waals surface area contributed by atoms with Crippen LogP contribution in [0.3, 0.4) is 0 Å². The number of hydrogen-bond acceptors (Lipinski definition) is 7. The Bertz CT molecular complexity index is 1490. The van der Waals surface area contributed by atoms with Crippen molar-refractivity contribution in [2.24, 2.45) is 0 Å². The Labute approximate surface area is 195 Å². The van der Waals surface area contributed by atoms with E-state index < -0.39 is 0 Å². The highest BCUT2D eigenvalue weighted by atomic mass is 16.5. The second-order valence-corrected chi connectivity index (χ2v) is 7.88. The molecule has 0 bridgehead atoms. The van der Waals surface area contributed by atoms with Crippen LogP contribution in [0.4, 0.5) is 5.69 Å². The standard InChI is InChI=1S/C24H25N7O3/c1-5-31-12-17-21(30-31)22(26-13(2)14-8-6-7-9-25-14)20(24(32)29-17)23-27-15-10-18(33-3)19(34-4)11-16(15)28-23/h6-13,26H,5H2,1-4H3,(H,27,28)(H,29,32)/t13-/m0/s1. The van der Waals surface area contributed by atoms with Crippen LogP contribution in [0, 0.1) is 0 Å². The first-order valence-electron chi connectivity index (χ1n) is 10.9. The van der Waals surface area contributed by atoms with Crippen molar-refractivity contribution in [3.05, 3.63) is 58.8 Å². The van der Waals surface area contributed by atoms with Crippen LogP contribution >= 0.6 is 0 Å². The number of nitrogens with one attached hydrogen (secondary N) is 3. The van der Waals surface area contributed by atoms with Crippen LogP contribution in [0.25, 0.3) is 33.5 Å². The van der Waals surface area contributed by atoms with Gasteiger partial charge in [-0.1, -0.05) is 6.07 Å². The quantitative estimate of drug-likeness (QED) is 0.338. The fraction of sp³-hybridized carbons (Fsp3) is 0.250. The maximum absolute atomic E-state index is 13.3. The summed E-state index contributed by atoms with van der Waals surface area (Å²) in [6.45, 7) is 4.66. The molecule has 4 aromatic heterocycles. The molecule has 10 heteroatoms. The Morgan fingerprint density at radius 3 is 2.62 bits per heavy atom. The highest BCUT2D eigenvalue weighted by molar-refractivity contribution is 5.96. The topological polar surface area (TPSA) is 123 Å². The van der Waals surface area contributed by atoms with Crippen molar-refractivity contribution in [1.29, 1.82) is 0 Å². The molecule has 5 aromatic rings. The Morgan fingerprint density at radius 1 is 1.12 bits per heavy atom. The number of aromatic nitrogens is 6. The van der Waals surface area contributed by atoms with E-state index in [4.69, 9.17) is 19.6 Å². The van der Waals surface area contributed by atoms with E-state index in [9.17, 15) is 4.79 Å². The number of fused-ring (bicyclic) bond motifs is 2. The first-order chi connectivity index (χ1) is 16.5. The van der Waals surface area contributed by atoms with Gasteiger partial charge in [0.15, 0.2) is 11.5 Å². The van der Waals surface area contributed by atoms with Crippen molar-refractivity contribution in [1.82, 2.24) is 29.7 Å². The van der Waals surface area contributed by atoms with Gasteiger partial charge in [0, 0.05) is 31.1 Å². The Morgan fingerprint density at radius 2 is 1.91 bits per heavy atom. The lowest BCUT2D eigenvalue weighted by atomic mass is 10.1. The minimum absolute atomic E-state index is 0.179. The van der Waals surface area contributed by atoms with E-state index in [2.05, 4.69) is 20.3 Å². The lowest BCUT2D eigenvalue weighted by molar-refractivity contribution is 0.356. The summed E-state index contributed by atoms with van der Waals surface area (Å²) in [5.74, 6) is 1.54. The van der Waals surface area contributed by atoms with E-state index in [-0.39, 0.29) is 11.6 Å². The number of nitrogens with zero attached hydrogens (tertiary/aromatic N) is 4. The zero-order valence-electron chi connectivity index (χ0n) is 19.3. The maximum Gasteiger partial charge on any atom is 0.261 e. The van der Waals surface area contributed by atoms with Crippen molar-refractivity contribution in [2.75, 3.05) is 19.5 Å². The first kappa shape index (κ1) is 21.5. The summed E-state index contributed by atoms with van der Waals surface area (Å²) < 4.78 is 12.6. The summed E-state index contributed by atoms with van der Waals surface area (Å²) in [6, 6.07) is 9.13. The molecule has 0 aliphatic heterocycles. The zero-order valence-corrected chi connectivity index (χ0v) is 19.3. The van der Waals surface area contributed by atoms with Crippen LogP contribution in [0.15, 0.2) is 47.5 Å². The lowest BCUT2D eigenvalue weighted by Crippen LogP contribution is -2.16. The largest absolute Gasteiger partial charge is 0.493 e. The van der Waals surface area contributed by atoms with Crippen molar-refractivity contribution < 1.29 is 9.47 Å². The van der Waals surface area contributed by atoms with E-state index >= 15 is 0 Å². The zero-order chi connectivity index (χ0) is 23.8. The molecule has 0 aliphatic rings. The minimum Gasteiger partial charge on any atom is -0.493 e. The number of rotatable bonds is 7. The molecule has 10 nitrogen and oxygen atoms in total. The van der Waals surface area contributed by atoms with Gasteiger partial charge in [-0.05, 0) is 26.0 Å². The van der Waals surface area contributed by atoms with Gasteiger partial charge in [0.25, 0.3) is 5.56 Å². The average Bonchev–Trinajstić information content (AvgIpc) is 3.46. The molecular weight excluding hydrogens is 434 g/mol. The fourth-order valence-corrected chi connectivity index (χ4v) is 4.02. The molecule has 174 valence electrons. The number of aromatic amines is 2. The molecule has 0 unspecified atom stereocenters. The van der Waals surface area contributed by atoms with E-state index in [1.807, 2.05) is 38.2 Å². The molecule has 0 spiro atoms. The molecule has 0 saturated heterocycles. The number of methoxy groups -OCH3 is 2. The first-order valence-corrected chi connectivity index (χ1v) is 10.9. The molecule has 0 saturated carbocycles. The smallest absolute Gasteiger partial charge is 0.261 e. The number of imidazole rings is 1. The monoisotopic (exact) mass is 459 g/mol. The molecule has 0 aliphatic carbocycles. The number of aryl methyl sites for hydroxylation is 1. The van der Waals surface area contributed by atoms with Crippen molar-refractivity contribution in [3.63, 3.8) is 0 Å². The number of ether oxygens (including phenoxy) is 2. The van der Waals surface area contributed by atoms with Crippen molar-refractivity contribution in [2.45, 2.75) is 26.4 Å². The van der Waals surface area contributed by atoms with Gasteiger partial charge in [-0.3, -0.25) is 14.5 Å². The van der Waals surface area contributed by atoms with Crippen LogP contribution in [-0.2, 0) is 6.54 Å². The summed E-state index contributed by atoms with van der Waals surface area (Å²) in [7, 11) is 3.14. The third-order valence-electron chi connectivity index (χ3n) is 5.76.